The number of hydrogen-bond donors (Lipinski definition) is 2. The van der Waals surface area contributed by atoms with Crippen molar-refractivity contribution in [1.29, 1.82) is 0 Å². The Morgan fingerprint density at radius 3 is 2.66 bits per heavy atom. The smallest absolute Gasteiger partial charge is 0.256 e. The Morgan fingerprint density at radius 2 is 1.89 bits per heavy atom. The molecule has 2 aromatic carbocycles. The summed E-state index contributed by atoms with van der Waals surface area (Å²) in [7, 11) is 0. The molecule has 1 amide bonds. The van der Waals surface area contributed by atoms with E-state index in [2.05, 4.69) is 20.7 Å². The molecule has 196 valence electrons. The van der Waals surface area contributed by atoms with Gasteiger partial charge < -0.3 is 15.4 Å². The molecule has 10 heteroatoms. The molecule has 1 aliphatic heterocycles. The lowest BCUT2D eigenvalue weighted by Crippen LogP contribution is -2.29. The van der Waals surface area contributed by atoms with E-state index in [1.807, 2.05) is 16.9 Å². The summed E-state index contributed by atoms with van der Waals surface area (Å²) in [5, 5.41) is 10.9. The second-order valence-corrected chi connectivity index (χ2v) is 9.88. The maximum absolute atomic E-state index is 14.2. The lowest BCUT2D eigenvalue weighted by molar-refractivity contribution is 0.102. The van der Waals surface area contributed by atoms with E-state index in [4.69, 9.17) is 27.9 Å². The van der Waals surface area contributed by atoms with Crippen molar-refractivity contribution in [3.8, 4) is 16.9 Å². The Labute approximate surface area is 229 Å². The average molecular weight is 554 g/mol. The van der Waals surface area contributed by atoms with Gasteiger partial charge in [0.25, 0.3) is 5.91 Å². The number of benzene rings is 2. The van der Waals surface area contributed by atoms with Crippen LogP contribution in [0.15, 0.2) is 67.1 Å². The first kappa shape index (κ1) is 26.2. The standard InChI is InChI=1S/C28H26Cl2FN5O2/c1-17(25-22(29)7-8-23(31)26(25)30)38-24-13-19(20-15-34-36(16-20)21-9-11-32-12-10-21)14-33-27(24)35-28(37)18-5-3-2-4-6-18/h2-8,13-17,21,32H,9-12H2,1H3,(H,33,35,37)/t17-/m1/s1. The Morgan fingerprint density at radius 1 is 1.13 bits per heavy atom. The van der Waals surface area contributed by atoms with Gasteiger partial charge in [-0.2, -0.15) is 5.10 Å². The highest BCUT2D eigenvalue weighted by Crippen LogP contribution is 2.38. The molecule has 1 atom stereocenters. The van der Waals surface area contributed by atoms with Crippen LogP contribution in [-0.4, -0.2) is 33.8 Å². The van der Waals surface area contributed by atoms with Crippen LogP contribution in [-0.2, 0) is 0 Å². The molecule has 38 heavy (non-hydrogen) atoms. The molecule has 0 radical (unpaired) electrons. The number of halogens is 3. The van der Waals surface area contributed by atoms with Crippen LogP contribution in [0.3, 0.4) is 0 Å². The van der Waals surface area contributed by atoms with Crippen molar-refractivity contribution in [2.75, 3.05) is 18.4 Å². The number of carbonyl (C=O) groups excluding carboxylic acids is 1. The lowest BCUT2D eigenvalue weighted by atomic mass is 10.1. The van der Waals surface area contributed by atoms with Crippen LogP contribution in [0, 0.1) is 5.82 Å². The zero-order valence-electron chi connectivity index (χ0n) is 20.6. The predicted molar refractivity (Wildman–Crippen MR) is 146 cm³/mol. The van der Waals surface area contributed by atoms with E-state index in [0.717, 1.165) is 37.1 Å². The van der Waals surface area contributed by atoms with Crippen molar-refractivity contribution in [2.45, 2.75) is 31.9 Å². The molecule has 0 saturated carbocycles. The number of hydrogen-bond acceptors (Lipinski definition) is 5. The van der Waals surface area contributed by atoms with Crippen molar-refractivity contribution in [3.63, 3.8) is 0 Å². The fourth-order valence-electron chi connectivity index (χ4n) is 4.48. The molecule has 0 bridgehead atoms. The SMILES string of the molecule is C[C@@H](Oc1cc(-c2cnn(C3CCNCC3)c2)cnc1NC(=O)c1ccccc1)c1c(Cl)ccc(F)c1Cl. The van der Waals surface area contributed by atoms with E-state index in [0.29, 0.717) is 17.2 Å². The Kier molecular flexibility index (Phi) is 7.93. The molecule has 2 aromatic heterocycles. The topological polar surface area (TPSA) is 81.1 Å². The quantitative estimate of drug-likeness (QED) is 0.248. The van der Waals surface area contributed by atoms with Gasteiger partial charge in [-0.1, -0.05) is 41.4 Å². The summed E-state index contributed by atoms with van der Waals surface area (Å²) in [6.45, 7) is 3.62. The van der Waals surface area contributed by atoms with Gasteiger partial charge in [-0.05, 0) is 63.2 Å². The van der Waals surface area contributed by atoms with Gasteiger partial charge >= 0.3 is 0 Å². The third kappa shape index (κ3) is 5.67. The van der Waals surface area contributed by atoms with Crippen LogP contribution >= 0.6 is 23.2 Å². The van der Waals surface area contributed by atoms with E-state index in [1.54, 1.807) is 49.6 Å². The molecule has 7 nitrogen and oxygen atoms in total. The van der Waals surface area contributed by atoms with Crippen LogP contribution in [0.4, 0.5) is 10.2 Å². The van der Waals surface area contributed by atoms with Crippen LogP contribution in [0.1, 0.15) is 47.8 Å². The van der Waals surface area contributed by atoms with Gasteiger partial charge in [-0.25, -0.2) is 9.37 Å². The minimum Gasteiger partial charge on any atom is -0.482 e. The number of rotatable bonds is 7. The van der Waals surface area contributed by atoms with Crippen LogP contribution in [0.5, 0.6) is 5.75 Å². The molecule has 1 saturated heterocycles. The highest BCUT2D eigenvalue weighted by molar-refractivity contribution is 6.36. The van der Waals surface area contributed by atoms with Crippen molar-refractivity contribution >= 4 is 34.9 Å². The molecule has 3 heterocycles. The highest BCUT2D eigenvalue weighted by Gasteiger charge is 2.22. The Hall–Kier alpha value is -3.46. The number of pyridine rings is 1. The van der Waals surface area contributed by atoms with Gasteiger partial charge in [0.15, 0.2) is 11.6 Å². The summed E-state index contributed by atoms with van der Waals surface area (Å²) >= 11 is 12.6. The van der Waals surface area contributed by atoms with Crippen molar-refractivity contribution in [2.24, 2.45) is 0 Å². The number of carbonyl (C=O) groups is 1. The van der Waals surface area contributed by atoms with E-state index in [1.165, 1.54) is 12.1 Å². The zero-order chi connectivity index (χ0) is 26.6. The number of aromatic nitrogens is 3. The minimum absolute atomic E-state index is 0.118. The average Bonchev–Trinajstić information content (AvgIpc) is 3.43. The monoisotopic (exact) mass is 553 g/mol. The highest BCUT2D eigenvalue weighted by atomic mass is 35.5. The summed E-state index contributed by atoms with van der Waals surface area (Å²) in [5.41, 5.74) is 2.38. The first-order chi connectivity index (χ1) is 18.4. The minimum atomic E-state index is -0.743. The number of anilines is 1. The zero-order valence-corrected chi connectivity index (χ0v) is 22.1. The first-order valence-electron chi connectivity index (χ1n) is 12.3. The molecule has 1 aliphatic rings. The summed E-state index contributed by atoms with van der Waals surface area (Å²) in [5.74, 6) is -0.450. The van der Waals surface area contributed by atoms with Crippen molar-refractivity contribution < 1.29 is 13.9 Å². The van der Waals surface area contributed by atoms with Crippen LogP contribution < -0.4 is 15.4 Å². The predicted octanol–water partition coefficient (Wildman–Crippen LogP) is 6.71. The molecule has 2 N–H and O–H groups in total. The summed E-state index contributed by atoms with van der Waals surface area (Å²) in [6.07, 6.45) is 6.70. The number of ether oxygens (including phenoxy) is 1. The summed E-state index contributed by atoms with van der Waals surface area (Å²) < 4.78 is 22.4. The van der Waals surface area contributed by atoms with Gasteiger partial charge in [-0.15, -0.1) is 0 Å². The van der Waals surface area contributed by atoms with Crippen LogP contribution in [0.25, 0.3) is 11.1 Å². The Balaban J connectivity index is 1.48. The maximum atomic E-state index is 14.2. The van der Waals surface area contributed by atoms with Gasteiger partial charge in [0.2, 0.25) is 0 Å². The molecular weight excluding hydrogens is 528 g/mol. The van der Waals surface area contributed by atoms with Crippen LogP contribution in [0.2, 0.25) is 10.0 Å². The summed E-state index contributed by atoms with van der Waals surface area (Å²) in [6, 6.07) is 13.5. The van der Waals surface area contributed by atoms with E-state index in [-0.39, 0.29) is 27.5 Å². The number of amides is 1. The van der Waals surface area contributed by atoms with Gasteiger partial charge in [0, 0.05) is 39.7 Å². The molecule has 0 unspecified atom stereocenters. The fourth-order valence-corrected chi connectivity index (χ4v) is 5.16. The number of nitrogens with zero attached hydrogens (tertiary/aromatic N) is 3. The van der Waals surface area contributed by atoms with E-state index in [9.17, 15) is 9.18 Å². The Bertz CT molecular complexity index is 1440. The van der Waals surface area contributed by atoms with Gasteiger partial charge in [0.1, 0.15) is 11.9 Å². The third-order valence-corrected chi connectivity index (χ3v) is 7.24. The molecule has 5 rings (SSSR count). The third-order valence-electron chi connectivity index (χ3n) is 6.53. The molecule has 4 aromatic rings. The largest absolute Gasteiger partial charge is 0.482 e. The lowest BCUT2D eigenvalue weighted by Gasteiger charge is -2.22. The molecule has 0 spiro atoms. The molecule has 1 fully saturated rings. The van der Waals surface area contributed by atoms with Gasteiger partial charge in [-0.3, -0.25) is 9.48 Å². The fraction of sp³-hybridized carbons (Fsp3) is 0.250. The van der Waals surface area contributed by atoms with E-state index < -0.39 is 11.9 Å². The normalized spacial score (nSPS) is 14.7. The molecule has 0 aliphatic carbocycles. The number of nitrogens with one attached hydrogen (secondary N) is 2. The first-order valence-corrected chi connectivity index (χ1v) is 13.1. The van der Waals surface area contributed by atoms with Gasteiger partial charge in [0.05, 0.1) is 17.3 Å². The number of piperidine rings is 1. The second-order valence-electron chi connectivity index (χ2n) is 9.10. The molecular formula is C28H26Cl2FN5O2. The summed E-state index contributed by atoms with van der Waals surface area (Å²) in [4.78, 5) is 17.4. The second kappa shape index (κ2) is 11.5. The van der Waals surface area contributed by atoms with Crippen molar-refractivity contribution in [3.05, 3.63) is 94.1 Å². The maximum Gasteiger partial charge on any atom is 0.256 e. The van der Waals surface area contributed by atoms with Crippen molar-refractivity contribution in [1.82, 2.24) is 20.1 Å². The van der Waals surface area contributed by atoms with E-state index >= 15 is 0 Å².